The summed E-state index contributed by atoms with van der Waals surface area (Å²) in [6.07, 6.45) is -5.24. The summed E-state index contributed by atoms with van der Waals surface area (Å²) in [5, 5.41) is 2.39. The minimum absolute atomic E-state index is 0.0289. The van der Waals surface area contributed by atoms with Gasteiger partial charge < -0.3 is 11.1 Å². The zero-order valence-corrected chi connectivity index (χ0v) is 9.70. The fourth-order valence-electron chi connectivity index (χ4n) is 1.42. The van der Waals surface area contributed by atoms with Gasteiger partial charge in [-0.2, -0.15) is 13.2 Å². The van der Waals surface area contributed by atoms with E-state index in [0.717, 1.165) is 0 Å². The minimum Gasteiger partial charge on any atom is -0.354 e. The van der Waals surface area contributed by atoms with Crippen molar-refractivity contribution in [2.75, 3.05) is 6.54 Å². The lowest BCUT2D eigenvalue weighted by Gasteiger charge is -2.12. The molecular formula is C12H15F3N2O. The number of carbonyl (C=O) groups excluding carboxylic acids is 1. The minimum atomic E-state index is -4.19. The first-order chi connectivity index (χ1) is 8.40. The molecule has 1 atom stereocenters. The van der Waals surface area contributed by atoms with Crippen LogP contribution in [0.25, 0.3) is 0 Å². The molecule has 0 aliphatic heterocycles. The molecule has 1 aromatic carbocycles. The number of nitrogens with one attached hydrogen (secondary N) is 1. The van der Waals surface area contributed by atoms with Crippen molar-refractivity contribution in [2.24, 2.45) is 5.73 Å². The van der Waals surface area contributed by atoms with Crippen LogP contribution in [0.4, 0.5) is 13.2 Å². The number of amides is 1. The van der Waals surface area contributed by atoms with E-state index in [-0.39, 0.29) is 13.0 Å². The number of halogens is 3. The molecule has 1 rings (SSSR count). The van der Waals surface area contributed by atoms with Crippen molar-refractivity contribution in [3.63, 3.8) is 0 Å². The van der Waals surface area contributed by atoms with Crippen LogP contribution in [0, 0.1) is 0 Å². The van der Waals surface area contributed by atoms with E-state index in [1.54, 1.807) is 30.3 Å². The summed E-state index contributed by atoms with van der Waals surface area (Å²) >= 11 is 0. The van der Waals surface area contributed by atoms with Gasteiger partial charge in [-0.3, -0.25) is 4.79 Å². The van der Waals surface area contributed by atoms with Gasteiger partial charge in [0.2, 0.25) is 5.91 Å². The summed E-state index contributed by atoms with van der Waals surface area (Å²) < 4.78 is 35.6. The highest BCUT2D eigenvalue weighted by Gasteiger charge is 2.26. The third kappa shape index (κ3) is 5.18. The summed E-state index contributed by atoms with van der Waals surface area (Å²) in [7, 11) is 0. The van der Waals surface area contributed by atoms with E-state index < -0.39 is 24.5 Å². The van der Waals surface area contributed by atoms with Gasteiger partial charge in [-0.1, -0.05) is 30.3 Å². The molecule has 0 radical (unpaired) electrons. The first kappa shape index (κ1) is 14.5. The van der Waals surface area contributed by atoms with Crippen LogP contribution >= 0.6 is 0 Å². The molecule has 3 N–H and O–H groups in total. The third-order valence-corrected chi connectivity index (χ3v) is 2.38. The van der Waals surface area contributed by atoms with Crippen molar-refractivity contribution in [3.05, 3.63) is 35.9 Å². The van der Waals surface area contributed by atoms with E-state index >= 15 is 0 Å². The van der Waals surface area contributed by atoms with Gasteiger partial charge in [0.25, 0.3) is 0 Å². The Kier molecular flexibility index (Phi) is 5.15. The number of carbonyl (C=O) groups is 1. The van der Waals surface area contributed by atoms with Crippen molar-refractivity contribution in [3.8, 4) is 0 Å². The zero-order valence-electron chi connectivity index (χ0n) is 9.70. The van der Waals surface area contributed by atoms with Gasteiger partial charge in [0.15, 0.2) is 0 Å². The standard InChI is InChI=1S/C12H15F3N2O/c13-12(14,15)7-4-8-17-11(18)10(16)9-5-2-1-3-6-9/h1-3,5-6,10H,4,7-8,16H2,(H,17,18)/t10-/m1/s1. The van der Waals surface area contributed by atoms with Crippen LogP contribution in [0.5, 0.6) is 0 Å². The molecule has 0 saturated carbocycles. The second-order valence-corrected chi connectivity index (χ2v) is 3.90. The van der Waals surface area contributed by atoms with Gasteiger partial charge in [0, 0.05) is 13.0 Å². The van der Waals surface area contributed by atoms with E-state index in [2.05, 4.69) is 5.32 Å². The Bertz CT molecular complexity index is 379. The zero-order chi connectivity index (χ0) is 13.6. The normalized spacial score (nSPS) is 13.1. The smallest absolute Gasteiger partial charge is 0.354 e. The Hall–Kier alpha value is -1.56. The maximum atomic E-state index is 11.9. The monoisotopic (exact) mass is 260 g/mol. The number of hydrogen-bond donors (Lipinski definition) is 2. The molecule has 0 aliphatic rings. The van der Waals surface area contributed by atoms with Crippen molar-refractivity contribution in [1.29, 1.82) is 0 Å². The number of benzene rings is 1. The topological polar surface area (TPSA) is 55.1 Å². The van der Waals surface area contributed by atoms with Crippen molar-refractivity contribution < 1.29 is 18.0 Å². The molecule has 0 unspecified atom stereocenters. The quantitative estimate of drug-likeness (QED) is 0.797. The lowest BCUT2D eigenvalue weighted by atomic mass is 10.1. The summed E-state index contributed by atoms with van der Waals surface area (Å²) in [6, 6.07) is 7.81. The van der Waals surface area contributed by atoms with E-state index in [9.17, 15) is 18.0 Å². The molecule has 0 bridgehead atoms. The SMILES string of the molecule is N[C@@H](C(=O)NCCCC(F)(F)F)c1ccccc1. The molecule has 100 valence electrons. The molecule has 1 aromatic rings. The highest BCUT2D eigenvalue weighted by Crippen LogP contribution is 2.20. The Labute approximate surface area is 103 Å². The number of nitrogens with two attached hydrogens (primary N) is 1. The Morgan fingerprint density at radius 2 is 1.89 bits per heavy atom. The van der Waals surface area contributed by atoms with Crippen molar-refractivity contribution in [1.82, 2.24) is 5.32 Å². The Morgan fingerprint density at radius 3 is 2.44 bits per heavy atom. The lowest BCUT2D eigenvalue weighted by molar-refractivity contribution is -0.136. The summed E-state index contributed by atoms with van der Waals surface area (Å²) in [5.41, 5.74) is 6.30. The number of hydrogen-bond acceptors (Lipinski definition) is 2. The van der Waals surface area contributed by atoms with Gasteiger partial charge >= 0.3 is 6.18 Å². The maximum Gasteiger partial charge on any atom is 0.389 e. The maximum absolute atomic E-state index is 11.9. The molecule has 0 fully saturated rings. The molecule has 6 heteroatoms. The fraction of sp³-hybridized carbons (Fsp3) is 0.417. The van der Waals surface area contributed by atoms with Gasteiger partial charge in [-0.15, -0.1) is 0 Å². The average molecular weight is 260 g/mol. The van der Waals surface area contributed by atoms with E-state index in [1.807, 2.05) is 0 Å². The largest absolute Gasteiger partial charge is 0.389 e. The molecule has 0 aromatic heterocycles. The molecule has 1 amide bonds. The van der Waals surface area contributed by atoms with Crippen LogP contribution < -0.4 is 11.1 Å². The van der Waals surface area contributed by atoms with Crippen LogP contribution in [0.3, 0.4) is 0 Å². The van der Waals surface area contributed by atoms with Gasteiger partial charge in [-0.25, -0.2) is 0 Å². The van der Waals surface area contributed by atoms with Crippen LogP contribution in [-0.2, 0) is 4.79 Å². The summed E-state index contributed by atoms with van der Waals surface area (Å²) in [5.74, 6) is -0.469. The highest BCUT2D eigenvalue weighted by molar-refractivity contribution is 5.82. The van der Waals surface area contributed by atoms with E-state index in [1.165, 1.54) is 0 Å². The fourth-order valence-corrected chi connectivity index (χ4v) is 1.42. The number of alkyl halides is 3. The van der Waals surface area contributed by atoms with Crippen molar-refractivity contribution in [2.45, 2.75) is 25.1 Å². The summed E-state index contributed by atoms with van der Waals surface area (Å²) in [6.45, 7) is -0.0289. The second kappa shape index (κ2) is 6.39. The molecule has 0 spiro atoms. The predicted octanol–water partition coefficient (Wildman–Crippen LogP) is 2.15. The Balaban J connectivity index is 2.33. The molecule has 0 saturated heterocycles. The van der Waals surface area contributed by atoms with Crippen LogP contribution in [0.2, 0.25) is 0 Å². The molecular weight excluding hydrogens is 245 g/mol. The average Bonchev–Trinajstić information content (AvgIpc) is 2.33. The molecule has 3 nitrogen and oxygen atoms in total. The van der Waals surface area contributed by atoms with Crippen LogP contribution in [0.1, 0.15) is 24.4 Å². The van der Waals surface area contributed by atoms with Crippen LogP contribution in [-0.4, -0.2) is 18.6 Å². The van der Waals surface area contributed by atoms with Crippen molar-refractivity contribution >= 4 is 5.91 Å². The van der Waals surface area contributed by atoms with Crippen LogP contribution in [0.15, 0.2) is 30.3 Å². The first-order valence-electron chi connectivity index (χ1n) is 5.55. The third-order valence-electron chi connectivity index (χ3n) is 2.38. The molecule has 0 aliphatic carbocycles. The van der Waals surface area contributed by atoms with E-state index in [0.29, 0.717) is 5.56 Å². The Morgan fingerprint density at radius 1 is 1.28 bits per heavy atom. The second-order valence-electron chi connectivity index (χ2n) is 3.90. The van der Waals surface area contributed by atoms with Gasteiger partial charge in [0.05, 0.1) is 0 Å². The van der Waals surface area contributed by atoms with Gasteiger partial charge in [0.1, 0.15) is 6.04 Å². The molecule has 18 heavy (non-hydrogen) atoms. The van der Waals surface area contributed by atoms with E-state index in [4.69, 9.17) is 5.73 Å². The highest BCUT2D eigenvalue weighted by atomic mass is 19.4. The summed E-state index contributed by atoms with van der Waals surface area (Å²) in [4.78, 5) is 11.6. The first-order valence-corrected chi connectivity index (χ1v) is 5.55. The lowest BCUT2D eigenvalue weighted by Crippen LogP contribution is -2.34. The van der Waals surface area contributed by atoms with Gasteiger partial charge in [-0.05, 0) is 12.0 Å². The number of rotatable bonds is 5. The predicted molar refractivity (Wildman–Crippen MR) is 61.7 cm³/mol. The molecule has 0 heterocycles.